The first-order chi connectivity index (χ1) is 10.1. The molecule has 0 aliphatic rings. The van der Waals surface area contributed by atoms with Gasteiger partial charge in [-0.25, -0.2) is 4.98 Å². The van der Waals surface area contributed by atoms with E-state index in [9.17, 15) is 0 Å². The van der Waals surface area contributed by atoms with Gasteiger partial charge in [0.1, 0.15) is 5.65 Å². The standard InChI is InChI=1S/C18H21N3/c1-4-16-18(15-8-6-14(7-9-15)13(3)19)20-17-10-5-12(2)11-21(16)17/h5-11,13H,4,19H2,1-3H3. The minimum Gasteiger partial charge on any atom is -0.324 e. The van der Waals surface area contributed by atoms with Crippen molar-refractivity contribution in [2.75, 3.05) is 0 Å². The van der Waals surface area contributed by atoms with Crippen LogP contribution in [0, 0.1) is 6.92 Å². The zero-order valence-electron chi connectivity index (χ0n) is 12.8. The van der Waals surface area contributed by atoms with Crippen LogP contribution in [0.4, 0.5) is 0 Å². The summed E-state index contributed by atoms with van der Waals surface area (Å²) in [4.78, 5) is 4.80. The first-order valence-corrected chi connectivity index (χ1v) is 7.43. The molecule has 2 aromatic heterocycles. The summed E-state index contributed by atoms with van der Waals surface area (Å²) < 4.78 is 2.20. The maximum absolute atomic E-state index is 5.92. The molecule has 0 saturated heterocycles. The lowest BCUT2D eigenvalue weighted by molar-refractivity contribution is 0.818. The van der Waals surface area contributed by atoms with Crippen LogP contribution < -0.4 is 5.73 Å². The highest BCUT2D eigenvalue weighted by Crippen LogP contribution is 2.26. The van der Waals surface area contributed by atoms with Gasteiger partial charge in [0.15, 0.2) is 0 Å². The van der Waals surface area contributed by atoms with Crippen LogP contribution >= 0.6 is 0 Å². The molecular weight excluding hydrogens is 258 g/mol. The van der Waals surface area contributed by atoms with E-state index in [-0.39, 0.29) is 6.04 Å². The van der Waals surface area contributed by atoms with Crippen LogP contribution in [0.5, 0.6) is 0 Å². The first kappa shape index (κ1) is 13.8. The third-order valence-corrected chi connectivity index (χ3v) is 3.91. The zero-order valence-corrected chi connectivity index (χ0v) is 12.8. The molecule has 1 aromatic carbocycles. The smallest absolute Gasteiger partial charge is 0.137 e. The lowest BCUT2D eigenvalue weighted by Crippen LogP contribution is -2.04. The number of pyridine rings is 1. The van der Waals surface area contributed by atoms with Crippen LogP contribution in [0.25, 0.3) is 16.9 Å². The summed E-state index contributed by atoms with van der Waals surface area (Å²) in [6, 6.07) is 12.7. The van der Waals surface area contributed by atoms with Crippen molar-refractivity contribution in [2.45, 2.75) is 33.2 Å². The van der Waals surface area contributed by atoms with E-state index < -0.39 is 0 Å². The van der Waals surface area contributed by atoms with Gasteiger partial charge in [-0.2, -0.15) is 0 Å². The van der Waals surface area contributed by atoms with Crippen molar-refractivity contribution in [3.63, 3.8) is 0 Å². The normalized spacial score (nSPS) is 12.8. The van der Waals surface area contributed by atoms with Gasteiger partial charge < -0.3 is 10.1 Å². The Morgan fingerprint density at radius 1 is 1.14 bits per heavy atom. The highest BCUT2D eigenvalue weighted by atomic mass is 15.0. The number of aryl methyl sites for hydroxylation is 2. The Bertz CT molecular complexity index is 767. The molecule has 1 unspecified atom stereocenters. The molecule has 21 heavy (non-hydrogen) atoms. The van der Waals surface area contributed by atoms with Crippen LogP contribution in [0.3, 0.4) is 0 Å². The molecule has 0 aliphatic heterocycles. The van der Waals surface area contributed by atoms with Crippen molar-refractivity contribution in [2.24, 2.45) is 5.73 Å². The SMILES string of the molecule is CCc1c(-c2ccc(C(C)N)cc2)nc2ccc(C)cn12. The van der Waals surface area contributed by atoms with Gasteiger partial charge in [-0.3, -0.25) is 0 Å². The molecule has 0 aliphatic carbocycles. The Kier molecular flexibility index (Phi) is 3.52. The average molecular weight is 279 g/mol. The number of imidazole rings is 1. The Labute approximate surface area is 125 Å². The minimum absolute atomic E-state index is 0.0633. The molecule has 0 fully saturated rings. The molecule has 3 nitrogen and oxygen atoms in total. The number of benzene rings is 1. The second kappa shape index (κ2) is 5.34. The van der Waals surface area contributed by atoms with Crippen molar-refractivity contribution in [3.8, 4) is 11.3 Å². The van der Waals surface area contributed by atoms with Gasteiger partial charge in [0, 0.05) is 17.8 Å². The molecule has 3 rings (SSSR count). The number of aromatic nitrogens is 2. The van der Waals surface area contributed by atoms with Gasteiger partial charge in [0.25, 0.3) is 0 Å². The molecule has 2 heterocycles. The van der Waals surface area contributed by atoms with Gasteiger partial charge >= 0.3 is 0 Å². The van der Waals surface area contributed by atoms with Crippen molar-refractivity contribution in [1.29, 1.82) is 0 Å². The Morgan fingerprint density at radius 3 is 2.48 bits per heavy atom. The van der Waals surface area contributed by atoms with Crippen LogP contribution in [0.15, 0.2) is 42.6 Å². The molecule has 0 saturated carbocycles. The second-order valence-corrected chi connectivity index (χ2v) is 5.61. The first-order valence-electron chi connectivity index (χ1n) is 7.43. The van der Waals surface area contributed by atoms with Gasteiger partial charge in [0.05, 0.1) is 11.4 Å². The molecule has 3 heteroatoms. The Balaban J connectivity index is 2.15. The number of rotatable bonds is 3. The summed E-state index contributed by atoms with van der Waals surface area (Å²) in [5.41, 5.74) is 12.8. The van der Waals surface area contributed by atoms with Crippen molar-refractivity contribution in [3.05, 3.63) is 59.4 Å². The van der Waals surface area contributed by atoms with Gasteiger partial charge in [-0.05, 0) is 37.5 Å². The number of fused-ring (bicyclic) bond motifs is 1. The number of hydrogen-bond acceptors (Lipinski definition) is 2. The predicted octanol–water partition coefficient (Wildman–Crippen LogP) is 3.89. The number of nitrogens with zero attached hydrogens (tertiary/aromatic N) is 2. The largest absolute Gasteiger partial charge is 0.324 e. The van der Waals surface area contributed by atoms with E-state index in [1.165, 1.54) is 11.3 Å². The van der Waals surface area contributed by atoms with Crippen molar-refractivity contribution >= 4 is 5.65 Å². The lowest BCUT2D eigenvalue weighted by atomic mass is 10.0. The predicted molar refractivity (Wildman–Crippen MR) is 87.3 cm³/mol. The highest BCUT2D eigenvalue weighted by Gasteiger charge is 2.12. The minimum atomic E-state index is 0.0633. The maximum atomic E-state index is 5.92. The number of hydrogen-bond donors (Lipinski definition) is 1. The summed E-state index contributed by atoms with van der Waals surface area (Å²) in [6.45, 7) is 6.28. The van der Waals surface area contributed by atoms with Crippen LogP contribution in [-0.4, -0.2) is 9.38 Å². The molecule has 1 atom stereocenters. The van der Waals surface area contributed by atoms with E-state index in [4.69, 9.17) is 10.7 Å². The van der Waals surface area contributed by atoms with Gasteiger partial charge in [-0.15, -0.1) is 0 Å². The third kappa shape index (κ3) is 2.45. The molecule has 3 aromatic rings. The molecule has 0 radical (unpaired) electrons. The molecule has 2 N–H and O–H groups in total. The molecular formula is C18H21N3. The fraction of sp³-hybridized carbons (Fsp3) is 0.278. The second-order valence-electron chi connectivity index (χ2n) is 5.61. The van der Waals surface area contributed by atoms with Crippen LogP contribution in [0.1, 0.15) is 36.7 Å². The van der Waals surface area contributed by atoms with E-state index in [0.717, 1.165) is 28.9 Å². The van der Waals surface area contributed by atoms with Crippen molar-refractivity contribution in [1.82, 2.24) is 9.38 Å². The van der Waals surface area contributed by atoms with E-state index in [2.05, 4.69) is 60.8 Å². The Hall–Kier alpha value is -2.13. The topological polar surface area (TPSA) is 43.3 Å². The quantitative estimate of drug-likeness (QED) is 0.790. The Morgan fingerprint density at radius 2 is 1.86 bits per heavy atom. The van der Waals surface area contributed by atoms with E-state index in [1.54, 1.807) is 0 Å². The molecule has 0 amide bonds. The van der Waals surface area contributed by atoms with Crippen LogP contribution in [-0.2, 0) is 6.42 Å². The van der Waals surface area contributed by atoms with E-state index in [0.29, 0.717) is 0 Å². The van der Waals surface area contributed by atoms with Crippen molar-refractivity contribution < 1.29 is 0 Å². The summed E-state index contributed by atoms with van der Waals surface area (Å²) in [5.74, 6) is 0. The zero-order chi connectivity index (χ0) is 15.0. The maximum Gasteiger partial charge on any atom is 0.137 e. The summed E-state index contributed by atoms with van der Waals surface area (Å²) in [7, 11) is 0. The fourth-order valence-corrected chi connectivity index (χ4v) is 2.71. The summed E-state index contributed by atoms with van der Waals surface area (Å²) in [6.07, 6.45) is 3.11. The molecule has 0 spiro atoms. The lowest BCUT2D eigenvalue weighted by Gasteiger charge is -2.07. The van der Waals surface area contributed by atoms with Gasteiger partial charge in [-0.1, -0.05) is 37.3 Å². The number of nitrogens with two attached hydrogens (primary N) is 1. The molecule has 108 valence electrons. The molecule has 0 bridgehead atoms. The summed E-state index contributed by atoms with van der Waals surface area (Å²) in [5, 5.41) is 0. The van der Waals surface area contributed by atoms with E-state index in [1.807, 2.05) is 6.92 Å². The fourth-order valence-electron chi connectivity index (χ4n) is 2.71. The van der Waals surface area contributed by atoms with Gasteiger partial charge in [0.2, 0.25) is 0 Å². The third-order valence-electron chi connectivity index (χ3n) is 3.91. The monoisotopic (exact) mass is 279 g/mol. The summed E-state index contributed by atoms with van der Waals surface area (Å²) >= 11 is 0. The van der Waals surface area contributed by atoms with Crippen LogP contribution in [0.2, 0.25) is 0 Å². The average Bonchev–Trinajstić information content (AvgIpc) is 2.85. The van der Waals surface area contributed by atoms with E-state index >= 15 is 0 Å². The highest BCUT2D eigenvalue weighted by molar-refractivity contribution is 5.67.